The van der Waals surface area contributed by atoms with E-state index in [4.69, 9.17) is 0 Å². The molecule has 0 spiro atoms. The van der Waals surface area contributed by atoms with E-state index in [-0.39, 0.29) is 6.08 Å². The number of methoxy groups -OCH3 is 3. The number of nitrogens with zero attached hydrogens (tertiary/aromatic N) is 1. The second-order valence-electron chi connectivity index (χ2n) is 1.39. The van der Waals surface area contributed by atoms with Crippen molar-refractivity contribution < 1.29 is 19.0 Å². The highest BCUT2D eigenvalue weighted by Gasteiger charge is 1.98. The van der Waals surface area contributed by atoms with Crippen LogP contribution in [-0.4, -0.2) is 33.5 Å². The summed E-state index contributed by atoms with van der Waals surface area (Å²) in [6.07, 6.45) is -0.730. The molecule has 0 saturated heterocycles. The summed E-state index contributed by atoms with van der Waals surface area (Å²) in [5.41, 5.74) is 2.01. The van der Waals surface area contributed by atoms with Gasteiger partial charge in [-0.3, -0.25) is 0 Å². The zero-order chi connectivity index (χ0) is 8.69. The fourth-order valence-corrected chi connectivity index (χ4v) is 0.312. The number of hydrazone groups is 1. The van der Waals surface area contributed by atoms with E-state index in [0.717, 1.165) is 0 Å². The summed E-state index contributed by atoms with van der Waals surface area (Å²) in [5, 5.41) is 3.38. The minimum absolute atomic E-state index is 0.0459. The molecule has 0 aliphatic heterocycles. The van der Waals surface area contributed by atoms with E-state index in [1.807, 2.05) is 5.43 Å². The van der Waals surface area contributed by atoms with E-state index in [1.165, 1.54) is 21.3 Å². The molecule has 1 amide bonds. The first-order valence-corrected chi connectivity index (χ1v) is 2.74. The van der Waals surface area contributed by atoms with Crippen molar-refractivity contribution in [3.63, 3.8) is 0 Å². The maximum atomic E-state index is 10.4. The summed E-state index contributed by atoms with van der Waals surface area (Å²) in [5.74, 6) is 0. The van der Waals surface area contributed by atoms with Crippen molar-refractivity contribution in [2.24, 2.45) is 5.10 Å². The molecule has 6 heteroatoms. The van der Waals surface area contributed by atoms with Crippen molar-refractivity contribution in [2.45, 2.75) is 0 Å². The molecule has 0 unspecified atom stereocenters. The van der Waals surface area contributed by atoms with Gasteiger partial charge < -0.3 is 14.2 Å². The molecular weight excluding hydrogens is 152 g/mol. The Kier molecular flexibility index (Phi) is 4.63. The third-order valence-corrected chi connectivity index (χ3v) is 0.773. The van der Waals surface area contributed by atoms with E-state index in [9.17, 15) is 4.79 Å². The van der Waals surface area contributed by atoms with Gasteiger partial charge in [-0.1, -0.05) is 5.10 Å². The molecule has 11 heavy (non-hydrogen) atoms. The molecule has 64 valence electrons. The van der Waals surface area contributed by atoms with Crippen LogP contribution in [0.1, 0.15) is 0 Å². The molecule has 6 nitrogen and oxygen atoms in total. The van der Waals surface area contributed by atoms with Crippen LogP contribution < -0.4 is 5.43 Å². The van der Waals surface area contributed by atoms with Crippen molar-refractivity contribution in [3.8, 4) is 0 Å². The molecule has 0 rings (SSSR count). The van der Waals surface area contributed by atoms with Crippen molar-refractivity contribution >= 4 is 12.2 Å². The number of amides is 1. The van der Waals surface area contributed by atoms with Crippen molar-refractivity contribution in [1.82, 2.24) is 5.43 Å². The number of carbonyl (C=O) groups is 1. The van der Waals surface area contributed by atoms with Crippen LogP contribution in [0.5, 0.6) is 0 Å². The van der Waals surface area contributed by atoms with Crippen LogP contribution in [0.25, 0.3) is 0 Å². The Hall–Kier alpha value is -1.46. The van der Waals surface area contributed by atoms with Crippen LogP contribution in [0.4, 0.5) is 4.79 Å². The second-order valence-corrected chi connectivity index (χ2v) is 1.39. The molecule has 0 radical (unpaired) electrons. The molecule has 0 aromatic rings. The van der Waals surface area contributed by atoms with Gasteiger partial charge in [0.25, 0.3) is 0 Å². The lowest BCUT2D eigenvalue weighted by atomic mass is 11.2. The quantitative estimate of drug-likeness (QED) is 0.332. The molecule has 0 bridgehead atoms. The molecule has 0 atom stereocenters. The smallest absolute Gasteiger partial charge is 0.427 e. The third kappa shape index (κ3) is 4.01. The lowest BCUT2D eigenvalue weighted by Gasteiger charge is -2.01. The first-order chi connectivity index (χ1) is 5.24. The normalized spacial score (nSPS) is 7.91. The van der Waals surface area contributed by atoms with Crippen LogP contribution in [0.2, 0.25) is 0 Å². The van der Waals surface area contributed by atoms with Crippen molar-refractivity contribution in [2.75, 3.05) is 21.3 Å². The summed E-state index contributed by atoms with van der Waals surface area (Å²) in [4.78, 5) is 10.4. The van der Waals surface area contributed by atoms with E-state index < -0.39 is 6.09 Å². The first-order valence-electron chi connectivity index (χ1n) is 2.74. The average molecular weight is 162 g/mol. The molecule has 0 aromatic heterocycles. The number of ether oxygens (including phenoxy) is 3. The van der Waals surface area contributed by atoms with E-state index >= 15 is 0 Å². The van der Waals surface area contributed by atoms with E-state index in [1.54, 1.807) is 0 Å². The predicted molar refractivity (Wildman–Crippen MR) is 37.0 cm³/mol. The lowest BCUT2D eigenvalue weighted by Crippen LogP contribution is -2.20. The molecule has 0 aliphatic rings. The maximum absolute atomic E-state index is 10.4. The zero-order valence-electron chi connectivity index (χ0n) is 6.58. The standard InChI is InChI=1S/C5H10N2O4/c1-9-4(8)6-7-5(10-2)11-3/h1-3H3,(H,6,8). The fraction of sp³-hybridized carbons (Fsp3) is 0.600. The van der Waals surface area contributed by atoms with Crippen LogP contribution in [0.3, 0.4) is 0 Å². The molecule has 0 fully saturated rings. The molecule has 0 saturated carbocycles. The Labute approximate surface area is 64.1 Å². The van der Waals surface area contributed by atoms with Gasteiger partial charge in [0.05, 0.1) is 21.3 Å². The van der Waals surface area contributed by atoms with Gasteiger partial charge in [-0.2, -0.15) is 0 Å². The number of nitrogens with one attached hydrogen (secondary N) is 1. The van der Waals surface area contributed by atoms with Crippen LogP contribution >= 0.6 is 0 Å². The maximum Gasteiger partial charge on any atom is 0.427 e. The Morgan fingerprint density at radius 1 is 1.18 bits per heavy atom. The highest BCUT2D eigenvalue weighted by Crippen LogP contribution is 1.78. The average Bonchev–Trinajstić information content (AvgIpc) is 2.06. The highest BCUT2D eigenvalue weighted by molar-refractivity contribution is 5.71. The minimum atomic E-state index is -0.684. The summed E-state index contributed by atoms with van der Waals surface area (Å²) in [6, 6.07) is 0. The van der Waals surface area contributed by atoms with Crippen LogP contribution in [0, 0.1) is 0 Å². The van der Waals surface area contributed by atoms with Gasteiger partial charge in [-0.25, -0.2) is 10.2 Å². The largest absolute Gasteiger partial charge is 0.453 e. The summed E-state index contributed by atoms with van der Waals surface area (Å²) < 4.78 is 13.3. The number of carbonyl (C=O) groups excluding carboxylic acids is 1. The third-order valence-electron chi connectivity index (χ3n) is 0.773. The molecule has 1 N–H and O–H groups in total. The van der Waals surface area contributed by atoms with Crippen LogP contribution in [-0.2, 0) is 14.2 Å². The Bertz CT molecular complexity index is 151. The van der Waals surface area contributed by atoms with Gasteiger partial charge in [-0.05, 0) is 0 Å². The molecular formula is C5H10N2O4. The SMILES string of the molecule is COC(=O)NN=C(OC)OC. The summed E-state index contributed by atoms with van der Waals surface area (Å²) in [7, 11) is 3.95. The van der Waals surface area contributed by atoms with Gasteiger partial charge in [0.15, 0.2) is 0 Å². The number of hydrogen-bond donors (Lipinski definition) is 1. The highest BCUT2D eigenvalue weighted by atomic mass is 16.7. The topological polar surface area (TPSA) is 69.2 Å². The molecule has 0 aromatic carbocycles. The monoisotopic (exact) mass is 162 g/mol. The van der Waals surface area contributed by atoms with E-state index in [2.05, 4.69) is 19.3 Å². The Morgan fingerprint density at radius 3 is 2.09 bits per heavy atom. The Morgan fingerprint density at radius 2 is 1.73 bits per heavy atom. The summed E-state index contributed by atoms with van der Waals surface area (Å²) >= 11 is 0. The van der Waals surface area contributed by atoms with Gasteiger partial charge in [-0.15, -0.1) is 0 Å². The zero-order valence-corrected chi connectivity index (χ0v) is 6.58. The molecule has 0 heterocycles. The first kappa shape index (κ1) is 9.54. The minimum Gasteiger partial charge on any atom is -0.453 e. The van der Waals surface area contributed by atoms with Crippen molar-refractivity contribution in [1.29, 1.82) is 0 Å². The predicted octanol–water partition coefficient (Wildman–Crippen LogP) is -0.0938. The van der Waals surface area contributed by atoms with Gasteiger partial charge in [0.2, 0.25) is 0 Å². The van der Waals surface area contributed by atoms with Crippen molar-refractivity contribution in [3.05, 3.63) is 0 Å². The second kappa shape index (κ2) is 5.33. The number of hydrogen-bond acceptors (Lipinski definition) is 5. The molecule has 0 aliphatic carbocycles. The van der Waals surface area contributed by atoms with E-state index in [0.29, 0.717) is 0 Å². The number of rotatable bonds is 1. The van der Waals surface area contributed by atoms with Crippen LogP contribution in [0.15, 0.2) is 5.10 Å². The van der Waals surface area contributed by atoms with Gasteiger partial charge >= 0.3 is 12.2 Å². The van der Waals surface area contributed by atoms with Gasteiger partial charge in [0.1, 0.15) is 0 Å². The lowest BCUT2D eigenvalue weighted by molar-refractivity contribution is 0.169. The van der Waals surface area contributed by atoms with Gasteiger partial charge in [0, 0.05) is 0 Å². The fourth-order valence-electron chi connectivity index (χ4n) is 0.312. The Balaban J connectivity index is 3.78. The summed E-state index contributed by atoms with van der Waals surface area (Å²) in [6.45, 7) is 0.